The highest BCUT2D eigenvalue weighted by atomic mass is 35.5. The van der Waals surface area contributed by atoms with Gasteiger partial charge >= 0.3 is 5.97 Å². The van der Waals surface area contributed by atoms with Crippen LogP contribution in [-0.2, 0) is 16.1 Å². The molecule has 2 aromatic carbocycles. The molecule has 0 N–H and O–H groups in total. The molecule has 8 heteroatoms. The van der Waals surface area contributed by atoms with Gasteiger partial charge in [-0.1, -0.05) is 17.7 Å². The van der Waals surface area contributed by atoms with Crippen LogP contribution in [0.4, 0.5) is 4.39 Å². The van der Waals surface area contributed by atoms with Crippen molar-refractivity contribution >= 4 is 23.5 Å². The van der Waals surface area contributed by atoms with E-state index >= 15 is 0 Å². The van der Waals surface area contributed by atoms with Crippen molar-refractivity contribution in [2.45, 2.75) is 13.5 Å². The minimum atomic E-state index is -0.686. The molecule has 150 valence electrons. The van der Waals surface area contributed by atoms with Gasteiger partial charge in [0.2, 0.25) is 0 Å². The number of ether oxygens (including phenoxy) is 3. The number of halogens is 2. The van der Waals surface area contributed by atoms with E-state index in [0.717, 1.165) is 0 Å². The number of rotatable bonds is 8. The predicted molar refractivity (Wildman–Crippen MR) is 102 cm³/mol. The quantitative estimate of drug-likeness (QED) is 0.622. The number of hydrogen-bond donors (Lipinski definition) is 0. The van der Waals surface area contributed by atoms with Gasteiger partial charge in [-0.25, -0.2) is 9.18 Å². The predicted octanol–water partition coefficient (Wildman–Crippen LogP) is 3.70. The van der Waals surface area contributed by atoms with E-state index in [1.807, 2.05) is 0 Å². The highest BCUT2D eigenvalue weighted by molar-refractivity contribution is 6.31. The molecule has 28 heavy (non-hydrogen) atoms. The topological polar surface area (TPSA) is 65.1 Å². The highest BCUT2D eigenvalue weighted by Crippen LogP contribution is 2.28. The first-order valence-corrected chi connectivity index (χ1v) is 8.90. The van der Waals surface area contributed by atoms with Crippen molar-refractivity contribution in [3.8, 4) is 11.5 Å². The summed E-state index contributed by atoms with van der Waals surface area (Å²) in [7, 11) is 2.96. The molecule has 0 aliphatic rings. The Morgan fingerprint density at radius 3 is 2.57 bits per heavy atom. The maximum Gasteiger partial charge on any atom is 0.338 e. The van der Waals surface area contributed by atoms with Gasteiger partial charge in [-0.3, -0.25) is 4.79 Å². The molecule has 0 aliphatic carbocycles. The monoisotopic (exact) mass is 409 g/mol. The molecule has 1 amide bonds. The van der Waals surface area contributed by atoms with Crippen LogP contribution in [0.25, 0.3) is 0 Å². The van der Waals surface area contributed by atoms with E-state index in [9.17, 15) is 14.0 Å². The van der Waals surface area contributed by atoms with Gasteiger partial charge in [0.1, 0.15) is 5.82 Å². The molecule has 0 heterocycles. The third-order valence-electron chi connectivity index (χ3n) is 3.91. The van der Waals surface area contributed by atoms with Crippen molar-refractivity contribution < 1.29 is 28.2 Å². The fraction of sp³-hybridized carbons (Fsp3) is 0.300. The van der Waals surface area contributed by atoms with Gasteiger partial charge in [0, 0.05) is 24.2 Å². The Hall–Kier alpha value is -2.80. The summed E-state index contributed by atoms with van der Waals surface area (Å²) in [6.45, 7) is 1.67. The molecule has 0 aliphatic heterocycles. The largest absolute Gasteiger partial charge is 0.493 e. The summed E-state index contributed by atoms with van der Waals surface area (Å²) < 4.78 is 29.5. The van der Waals surface area contributed by atoms with E-state index < -0.39 is 24.3 Å². The minimum Gasteiger partial charge on any atom is -0.493 e. The van der Waals surface area contributed by atoms with Gasteiger partial charge in [-0.05, 0) is 37.3 Å². The highest BCUT2D eigenvalue weighted by Gasteiger charge is 2.18. The van der Waals surface area contributed by atoms with E-state index in [2.05, 4.69) is 0 Å². The molecule has 0 unspecified atom stereocenters. The van der Waals surface area contributed by atoms with E-state index in [4.69, 9.17) is 25.8 Å². The van der Waals surface area contributed by atoms with Crippen molar-refractivity contribution in [1.82, 2.24) is 4.90 Å². The molecule has 0 saturated carbocycles. The van der Waals surface area contributed by atoms with Crippen LogP contribution in [0.15, 0.2) is 36.4 Å². The summed E-state index contributed by atoms with van der Waals surface area (Å²) in [6.07, 6.45) is 0. The van der Waals surface area contributed by atoms with Gasteiger partial charge in [-0.2, -0.15) is 0 Å². The Kier molecular flexibility index (Phi) is 7.63. The van der Waals surface area contributed by atoms with Gasteiger partial charge < -0.3 is 19.1 Å². The van der Waals surface area contributed by atoms with Crippen LogP contribution >= 0.6 is 11.6 Å². The smallest absolute Gasteiger partial charge is 0.338 e. The molecule has 0 atom stereocenters. The Morgan fingerprint density at radius 2 is 1.93 bits per heavy atom. The van der Waals surface area contributed by atoms with E-state index in [1.165, 1.54) is 49.4 Å². The van der Waals surface area contributed by atoms with Crippen LogP contribution in [0.1, 0.15) is 22.8 Å². The number of methoxy groups -OCH3 is 1. The Labute approximate surface area is 167 Å². The van der Waals surface area contributed by atoms with Gasteiger partial charge in [0.05, 0.1) is 19.3 Å². The second-order valence-corrected chi connectivity index (χ2v) is 6.23. The summed E-state index contributed by atoms with van der Waals surface area (Å²) in [5, 5.41) is 0.221. The maximum absolute atomic E-state index is 13.8. The van der Waals surface area contributed by atoms with Crippen molar-refractivity contribution in [3.05, 3.63) is 58.4 Å². The number of amides is 1. The van der Waals surface area contributed by atoms with Crippen molar-refractivity contribution in [3.63, 3.8) is 0 Å². The third kappa shape index (κ3) is 5.36. The number of esters is 1. The lowest BCUT2D eigenvalue weighted by molar-refractivity contribution is -0.133. The lowest BCUT2D eigenvalue weighted by Crippen LogP contribution is -2.31. The van der Waals surface area contributed by atoms with Gasteiger partial charge in [-0.15, -0.1) is 0 Å². The van der Waals surface area contributed by atoms with E-state index in [-0.39, 0.29) is 22.7 Å². The number of nitrogens with zero attached hydrogens (tertiary/aromatic N) is 1. The first kappa shape index (κ1) is 21.5. The van der Waals surface area contributed by atoms with Gasteiger partial charge in [0.25, 0.3) is 5.91 Å². The normalized spacial score (nSPS) is 10.3. The number of hydrogen-bond acceptors (Lipinski definition) is 5. The fourth-order valence-electron chi connectivity index (χ4n) is 2.40. The standard InChI is InChI=1S/C20H21ClFNO5/c1-4-27-18-10-13(8-9-17(18)26-3)20(25)28-12-19(24)23(2)11-14-15(21)6-5-7-16(14)22/h5-10H,4,11-12H2,1-3H3. The fourth-order valence-corrected chi connectivity index (χ4v) is 2.62. The molecule has 0 saturated heterocycles. The summed E-state index contributed by atoms with van der Waals surface area (Å²) >= 11 is 5.97. The number of carbonyl (C=O) groups excluding carboxylic acids is 2. The van der Waals surface area contributed by atoms with Crippen LogP contribution in [0, 0.1) is 5.82 Å². The average Bonchev–Trinajstić information content (AvgIpc) is 2.68. The third-order valence-corrected chi connectivity index (χ3v) is 4.26. The number of carbonyl (C=O) groups is 2. The van der Waals surface area contributed by atoms with Crippen molar-refractivity contribution in [2.75, 3.05) is 27.4 Å². The molecule has 0 fully saturated rings. The number of likely N-dealkylation sites (N-methyl/N-ethyl adjacent to an activating group) is 1. The van der Waals surface area contributed by atoms with Crippen LogP contribution in [-0.4, -0.2) is 44.1 Å². The van der Waals surface area contributed by atoms with Crippen LogP contribution in [0.2, 0.25) is 5.02 Å². The first-order chi connectivity index (χ1) is 13.4. The van der Waals surface area contributed by atoms with Gasteiger partial charge in [0.15, 0.2) is 18.1 Å². The molecule has 6 nitrogen and oxygen atoms in total. The summed E-state index contributed by atoms with van der Waals surface area (Å²) in [5.74, 6) is -0.806. The zero-order valence-electron chi connectivity index (χ0n) is 15.8. The molecule has 0 aromatic heterocycles. The Bertz CT molecular complexity index is 838. The van der Waals surface area contributed by atoms with E-state index in [1.54, 1.807) is 13.0 Å². The molecule has 0 bridgehead atoms. The average molecular weight is 410 g/mol. The SMILES string of the molecule is CCOc1cc(C(=O)OCC(=O)N(C)Cc2c(F)cccc2Cl)ccc1OC. The molecular formula is C20H21ClFNO5. The number of benzene rings is 2. The molecule has 2 aromatic rings. The lowest BCUT2D eigenvalue weighted by atomic mass is 10.2. The van der Waals surface area contributed by atoms with E-state index in [0.29, 0.717) is 18.1 Å². The molecular weight excluding hydrogens is 389 g/mol. The maximum atomic E-state index is 13.8. The summed E-state index contributed by atoms with van der Waals surface area (Å²) in [4.78, 5) is 25.7. The zero-order chi connectivity index (χ0) is 20.7. The first-order valence-electron chi connectivity index (χ1n) is 8.52. The summed E-state index contributed by atoms with van der Waals surface area (Å²) in [5.41, 5.74) is 0.416. The van der Waals surface area contributed by atoms with Crippen LogP contribution in [0.5, 0.6) is 11.5 Å². The van der Waals surface area contributed by atoms with Crippen molar-refractivity contribution in [2.24, 2.45) is 0 Å². The van der Waals surface area contributed by atoms with Crippen molar-refractivity contribution in [1.29, 1.82) is 0 Å². The zero-order valence-corrected chi connectivity index (χ0v) is 16.6. The Morgan fingerprint density at radius 1 is 1.18 bits per heavy atom. The summed E-state index contributed by atoms with van der Waals surface area (Å²) in [6, 6.07) is 8.86. The minimum absolute atomic E-state index is 0.0427. The molecule has 0 radical (unpaired) electrons. The second-order valence-electron chi connectivity index (χ2n) is 5.82. The lowest BCUT2D eigenvalue weighted by Gasteiger charge is -2.18. The Balaban J connectivity index is 1.98. The molecule has 2 rings (SSSR count). The molecule has 0 spiro atoms. The second kappa shape index (κ2) is 9.94. The van der Waals surface area contributed by atoms with Crippen LogP contribution < -0.4 is 9.47 Å². The van der Waals surface area contributed by atoms with Crippen LogP contribution in [0.3, 0.4) is 0 Å².